The minimum atomic E-state index is -0.363. The third-order valence-corrected chi connectivity index (χ3v) is 4.37. The Labute approximate surface area is 124 Å². The number of hydrogen-bond donors (Lipinski definition) is 1. The SMILES string of the molecule is CCC1C(=O)NC(C2CC2)C(=O)N1Cc1cnn(CC)c1. The van der Waals surface area contributed by atoms with E-state index >= 15 is 0 Å². The van der Waals surface area contributed by atoms with Gasteiger partial charge in [0.05, 0.1) is 6.20 Å². The molecule has 1 aromatic rings. The highest BCUT2D eigenvalue weighted by Gasteiger charge is 2.46. The van der Waals surface area contributed by atoms with Gasteiger partial charge >= 0.3 is 0 Å². The second-order valence-electron chi connectivity index (χ2n) is 5.92. The molecule has 2 aliphatic rings. The van der Waals surface area contributed by atoms with Crippen molar-refractivity contribution in [2.75, 3.05) is 0 Å². The Bertz CT molecular complexity index is 550. The summed E-state index contributed by atoms with van der Waals surface area (Å²) in [5, 5.41) is 7.15. The molecule has 1 aromatic heterocycles. The molecule has 6 heteroatoms. The number of carbonyl (C=O) groups is 2. The van der Waals surface area contributed by atoms with Crippen molar-refractivity contribution in [1.82, 2.24) is 20.0 Å². The molecule has 0 bridgehead atoms. The molecule has 0 aromatic carbocycles. The van der Waals surface area contributed by atoms with Crippen molar-refractivity contribution < 1.29 is 9.59 Å². The minimum Gasteiger partial charge on any atom is -0.342 e. The van der Waals surface area contributed by atoms with Gasteiger partial charge in [0.1, 0.15) is 12.1 Å². The van der Waals surface area contributed by atoms with E-state index < -0.39 is 0 Å². The molecule has 2 unspecified atom stereocenters. The maximum absolute atomic E-state index is 12.7. The van der Waals surface area contributed by atoms with E-state index in [9.17, 15) is 9.59 Å². The summed E-state index contributed by atoms with van der Waals surface area (Å²) in [7, 11) is 0. The number of hydrogen-bond acceptors (Lipinski definition) is 3. The molecule has 1 saturated heterocycles. The number of aryl methyl sites for hydroxylation is 1. The van der Waals surface area contributed by atoms with Crippen LogP contribution < -0.4 is 5.32 Å². The average Bonchev–Trinajstić information content (AvgIpc) is 3.22. The van der Waals surface area contributed by atoms with Crippen molar-refractivity contribution in [2.24, 2.45) is 5.92 Å². The predicted molar refractivity (Wildman–Crippen MR) is 77.2 cm³/mol. The number of nitrogens with zero attached hydrogens (tertiary/aromatic N) is 3. The van der Waals surface area contributed by atoms with E-state index in [1.807, 2.05) is 24.7 Å². The number of amides is 2. The number of carbonyl (C=O) groups excluding carboxylic acids is 2. The molecule has 0 spiro atoms. The van der Waals surface area contributed by atoms with Crippen LogP contribution in [0.1, 0.15) is 38.7 Å². The van der Waals surface area contributed by atoms with Gasteiger partial charge in [-0.25, -0.2) is 0 Å². The van der Waals surface area contributed by atoms with E-state index in [0.29, 0.717) is 18.9 Å². The number of piperazine rings is 1. The molecule has 1 aliphatic heterocycles. The van der Waals surface area contributed by atoms with Crippen molar-refractivity contribution in [3.63, 3.8) is 0 Å². The summed E-state index contributed by atoms with van der Waals surface area (Å²) >= 11 is 0. The molecule has 2 fully saturated rings. The lowest BCUT2D eigenvalue weighted by Gasteiger charge is -2.38. The summed E-state index contributed by atoms with van der Waals surface area (Å²) in [5.74, 6) is 0.380. The Morgan fingerprint density at radius 3 is 2.67 bits per heavy atom. The van der Waals surface area contributed by atoms with Gasteiger partial charge in [-0.3, -0.25) is 14.3 Å². The Morgan fingerprint density at radius 1 is 1.33 bits per heavy atom. The topological polar surface area (TPSA) is 67.2 Å². The lowest BCUT2D eigenvalue weighted by atomic mass is 10.0. The van der Waals surface area contributed by atoms with Gasteiger partial charge in [-0.15, -0.1) is 0 Å². The number of nitrogens with one attached hydrogen (secondary N) is 1. The molecule has 1 aliphatic carbocycles. The third-order valence-electron chi connectivity index (χ3n) is 4.37. The van der Waals surface area contributed by atoms with Gasteiger partial charge in [0.2, 0.25) is 11.8 Å². The fourth-order valence-corrected chi connectivity index (χ4v) is 2.99. The Balaban J connectivity index is 1.80. The van der Waals surface area contributed by atoms with Crippen molar-refractivity contribution in [3.05, 3.63) is 18.0 Å². The summed E-state index contributed by atoms with van der Waals surface area (Å²) in [4.78, 5) is 26.7. The van der Waals surface area contributed by atoms with Gasteiger partial charge in [-0.05, 0) is 32.1 Å². The zero-order chi connectivity index (χ0) is 15.0. The second kappa shape index (κ2) is 5.50. The van der Waals surface area contributed by atoms with Crippen LogP contribution in [0.2, 0.25) is 0 Å². The molecule has 2 atom stereocenters. The van der Waals surface area contributed by atoms with Gasteiger partial charge < -0.3 is 10.2 Å². The highest BCUT2D eigenvalue weighted by Crippen LogP contribution is 2.35. The standard InChI is InChI=1S/C15H22N4O2/c1-3-12-14(20)17-13(11-5-6-11)15(21)19(12)9-10-7-16-18(4-2)8-10/h7-8,11-13H,3-6,9H2,1-2H3,(H,17,20). The largest absolute Gasteiger partial charge is 0.342 e. The average molecular weight is 290 g/mol. The molecule has 3 rings (SSSR count). The molecule has 6 nitrogen and oxygen atoms in total. The summed E-state index contributed by atoms with van der Waals surface area (Å²) in [5.41, 5.74) is 0.980. The molecule has 2 heterocycles. The van der Waals surface area contributed by atoms with Crippen molar-refractivity contribution in [2.45, 2.75) is 58.3 Å². The van der Waals surface area contributed by atoms with Crippen LogP contribution in [-0.4, -0.2) is 38.6 Å². The van der Waals surface area contributed by atoms with Crippen LogP contribution in [0.3, 0.4) is 0 Å². The smallest absolute Gasteiger partial charge is 0.246 e. The highest BCUT2D eigenvalue weighted by atomic mass is 16.2. The van der Waals surface area contributed by atoms with Gasteiger partial charge in [-0.2, -0.15) is 5.10 Å². The van der Waals surface area contributed by atoms with Crippen molar-refractivity contribution in [1.29, 1.82) is 0 Å². The van der Waals surface area contributed by atoms with E-state index in [-0.39, 0.29) is 23.9 Å². The second-order valence-corrected chi connectivity index (χ2v) is 5.92. The van der Waals surface area contributed by atoms with Crippen LogP contribution >= 0.6 is 0 Å². The first-order valence-corrected chi connectivity index (χ1v) is 7.76. The summed E-state index contributed by atoms with van der Waals surface area (Å²) < 4.78 is 1.84. The number of aromatic nitrogens is 2. The third kappa shape index (κ3) is 2.66. The first kappa shape index (κ1) is 14.1. The molecule has 2 amide bonds. The van der Waals surface area contributed by atoms with E-state index in [4.69, 9.17) is 0 Å². The maximum atomic E-state index is 12.7. The van der Waals surface area contributed by atoms with Crippen molar-refractivity contribution in [3.8, 4) is 0 Å². The Morgan fingerprint density at radius 2 is 2.10 bits per heavy atom. The van der Waals surface area contributed by atoms with Crippen LogP contribution in [0.15, 0.2) is 12.4 Å². The summed E-state index contributed by atoms with van der Waals surface area (Å²) in [6, 6.07) is -0.681. The van der Waals surface area contributed by atoms with Gasteiger partial charge in [0.15, 0.2) is 0 Å². The monoisotopic (exact) mass is 290 g/mol. The molecular weight excluding hydrogens is 268 g/mol. The van der Waals surface area contributed by atoms with E-state index in [0.717, 1.165) is 24.9 Å². The first-order valence-electron chi connectivity index (χ1n) is 7.76. The number of rotatable bonds is 5. The lowest BCUT2D eigenvalue weighted by molar-refractivity contribution is -0.150. The fourth-order valence-electron chi connectivity index (χ4n) is 2.99. The van der Waals surface area contributed by atoms with Crippen LogP contribution in [0.5, 0.6) is 0 Å². The highest BCUT2D eigenvalue weighted by molar-refractivity contribution is 5.97. The molecule has 114 valence electrons. The van der Waals surface area contributed by atoms with Crippen molar-refractivity contribution >= 4 is 11.8 Å². The van der Waals surface area contributed by atoms with Crippen LogP contribution in [0, 0.1) is 5.92 Å². The minimum absolute atomic E-state index is 0.0168. The lowest BCUT2D eigenvalue weighted by Crippen LogP contribution is -2.63. The fraction of sp³-hybridized carbons (Fsp3) is 0.667. The Kier molecular flexibility index (Phi) is 3.69. The van der Waals surface area contributed by atoms with Gasteiger partial charge in [-0.1, -0.05) is 6.92 Å². The molecule has 0 radical (unpaired) electrons. The summed E-state index contributed by atoms with van der Waals surface area (Å²) in [6.45, 7) is 5.23. The van der Waals surface area contributed by atoms with Crippen LogP contribution in [0.4, 0.5) is 0 Å². The quantitative estimate of drug-likeness (QED) is 0.877. The first-order chi connectivity index (χ1) is 10.1. The summed E-state index contributed by atoms with van der Waals surface area (Å²) in [6.07, 6.45) is 6.43. The van der Waals surface area contributed by atoms with Gasteiger partial charge in [0, 0.05) is 24.8 Å². The van der Waals surface area contributed by atoms with Crippen LogP contribution in [0.25, 0.3) is 0 Å². The van der Waals surface area contributed by atoms with E-state index in [2.05, 4.69) is 10.4 Å². The normalized spacial score (nSPS) is 26.1. The zero-order valence-electron chi connectivity index (χ0n) is 12.6. The molecule has 1 saturated carbocycles. The predicted octanol–water partition coefficient (Wildman–Crippen LogP) is 0.919. The molecular formula is C15H22N4O2. The maximum Gasteiger partial charge on any atom is 0.246 e. The van der Waals surface area contributed by atoms with E-state index in [1.165, 1.54) is 0 Å². The zero-order valence-corrected chi connectivity index (χ0v) is 12.6. The van der Waals surface area contributed by atoms with E-state index in [1.54, 1.807) is 11.1 Å². The molecule has 21 heavy (non-hydrogen) atoms. The van der Waals surface area contributed by atoms with Gasteiger partial charge in [0.25, 0.3) is 0 Å². The Hall–Kier alpha value is -1.85. The van der Waals surface area contributed by atoms with Crippen LogP contribution in [-0.2, 0) is 22.7 Å². The molecule has 1 N–H and O–H groups in total.